The van der Waals surface area contributed by atoms with E-state index in [0.717, 1.165) is 6.42 Å². The van der Waals surface area contributed by atoms with E-state index in [4.69, 9.17) is 4.74 Å². The van der Waals surface area contributed by atoms with Gasteiger partial charge in [0.1, 0.15) is 0 Å². The monoisotopic (exact) mass is 260 g/mol. The minimum Gasteiger partial charge on any atom is -0.494 e. The molecule has 0 saturated carbocycles. The summed E-state index contributed by atoms with van der Waals surface area (Å²) in [5.74, 6) is -0.252. The second-order valence-electron chi connectivity index (χ2n) is 4.43. The van der Waals surface area contributed by atoms with Crippen LogP contribution in [0.25, 0.3) is 0 Å². The third-order valence-corrected chi connectivity index (χ3v) is 3.11. The molecule has 3 heteroatoms. The van der Waals surface area contributed by atoms with Gasteiger partial charge in [-0.05, 0) is 36.1 Å². The fourth-order valence-corrected chi connectivity index (χ4v) is 2.00. The van der Waals surface area contributed by atoms with Crippen molar-refractivity contribution < 1.29 is 14.2 Å². The van der Waals surface area contributed by atoms with Gasteiger partial charge in [-0.15, -0.1) is 0 Å². The highest BCUT2D eigenvalue weighted by Gasteiger charge is 2.11. The Morgan fingerprint density at radius 1 is 1.16 bits per heavy atom. The first-order valence-corrected chi connectivity index (χ1v) is 6.26. The summed E-state index contributed by atoms with van der Waals surface area (Å²) in [6.07, 6.45) is 0.759. The van der Waals surface area contributed by atoms with Crippen molar-refractivity contribution in [2.24, 2.45) is 0 Å². The fourth-order valence-electron chi connectivity index (χ4n) is 2.00. The number of halogens is 1. The molecule has 0 amide bonds. The Morgan fingerprint density at radius 3 is 2.58 bits per heavy atom. The lowest BCUT2D eigenvalue weighted by atomic mass is 10.0. The number of aliphatic hydroxyl groups excluding tert-OH is 1. The standard InChI is InChI=1S/C16H17FO2/c1-19-16-11-13(8-9-14(16)17)15(18)10-7-12-5-3-2-4-6-12/h2-6,8-9,11,15,18H,7,10H2,1H3. The molecule has 2 rings (SSSR count). The van der Waals surface area contributed by atoms with E-state index < -0.39 is 11.9 Å². The highest BCUT2D eigenvalue weighted by Crippen LogP contribution is 2.25. The largest absolute Gasteiger partial charge is 0.494 e. The summed E-state index contributed by atoms with van der Waals surface area (Å²) in [5.41, 5.74) is 1.85. The van der Waals surface area contributed by atoms with Gasteiger partial charge in [0.15, 0.2) is 11.6 Å². The molecule has 0 bridgehead atoms. The van der Waals surface area contributed by atoms with Crippen LogP contribution in [0.1, 0.15) is 23.7 Å². The van der Waals surface area contributed by atoms with Crippen LogP contribution in [0.4, 0.5) is 4.39 Å². The fraction of sp³-hybridized carbons (Fsp3) is 0.250. The second kappa shape index (κ2) is 6.34. The smallest absolute Gasteiger partial charge is 0.165 e. The molecule has 0 fully saturated rings. The lowest BCUT2D eigenvalue weighted by Crippen LogP contribution is -2.01. The summed E-state index contributed by atoms with van der Waals surface area (Å²) in [6.45, 7) is 0. The first-order chi connectivity index (χ1) is 9.20. The molecule has 0 saturated heterocycles. The first kappa shape index (κ1) is 13.6. The molecule has 0 aliphatic rings. The Labute approximate surface area is 112 Å². The van der Waals surface area contributed by atoms with Crippen LogP contribution < -0.4 is 4.74 Å². The van der Waals surface area contributed by atoms with Crippen LogP contribution in [-0.4, -0.2) is 12.2 Å². The van der Waals surface area contributed by atoms with Gasteiger partial charge in [0.25, 0.3) is 0 Å². The zero-order valence-electron chi connectivity index (χ0n) is 10.8. The van der Waals surface area contributed by atoms with Gasteiger partial charge < -0.3 is 9.84 Å². The summed E-state index contributed by atoms with van der Waals surface area (Å²) >= 11 is 0. The molecule has 1 N–H and O–H groups in total. The molecule has 0 aromatic heterocycles. The molecule has 0 radical (unpaired) electrons. The number of benzene rings is 2. The van der Waals surface area contributed by atoms with Crippen LogP contribution in [-0.2, 0) is 6.42 Å². The Hall–Kier alpha value is -1.87. The minimum absolute atomic E-state index is 0.163. The summed E-state index contributed by atoms with van der Waals surface area (Å²) < 4.78 is 18.2. The average Bonchev–Trinajstić information content (AvgIpc) is 2.46. The van der Waals surface area contributed by atoms with E-state index >= 15 is 0 Å². The lowest BCUT2D eigenvalue weighted by molar-refractivity contribution is 0.167. The Kier molecular flexibility index (Phi) is 4.53. The minimum atomic E-state index is -0.616. The molecular formula is C16H17FO2. The number of hydrogen-bond donors (Lipinski definition) is 1. The van der Waals surface area contributed by atoms with Crippen LogP contribution in [0.3, 0.4) is 0 Å². The van der Waals surface area contributed by atoms with E-state index in [1.165, 1.54) is 18.7 Å². The molecule has 100 valence electrons. The van der Waals surface area contributed by atoms with E-state index in [1.54, 1.807) is 12.1 Å². The van der Waals surface area contributed by atoms with E-state index in [2.05, 4.69) is 0 Å². The average molecular weight is 260 g/mol. The Morgan fingerprint density at radius 2 is 1.89 bits per heavy atom. The van der Waals surface area contributed by atoms with Crippen LogP contribution in [0.2, 0.25) is 0 Å². The molecule has 0 aliphatic heterocycles. The van der Waals surface area contributed by atoms with Crippen molar-refractivity contribution in [1.29, 1.82) is 0 Å². The molecule has 1 unspecified atom stereocenters. The predicted molar refractivity (Wildman–Crippen MR) is 72.7 cm³/mol. The molecule has 0 spiro atoms. The lowest BCUT2D eigenvalue weighted by Gasteiger charge is -2.12. The first-order valence-electron chi connectivity index (χ1n) is 6.26. The van der Waals surface area contributed by atoms with Gasteiger partial charge in [-0.1, -0.05) is 36.4 Å². The van der Waals surface area contributed by atoms with Gasteiger partial charge in [-0.3, -0.25) is 0 Å². The normalized spacial score (nSPS) is 12.2. The Balaban J connectivity index is 2.02. The maximum atomic E-state index is 13.3. The van der Waals surface area contributed by atoms with Crippen LogP contribution in [0.5, 0.6) is 5.75 Å². The van der Waals surface area contributed by atoms with E-state index in [-0.39, 0.29) is 5.75 Å². The molecule has 1 atom stereocenters. The number of ether oxygens (including phenoxy) is 1. The molecule has 19 heavy (non-hydrogen) atoms. The van der Waals surface area contributed by atoms with Crippen LogP contribution in [0.15, 0.2) is 48.5 Å². The van der Waals surface area contributed by atoms with Gasteiger partial charge in [0.2, 0.25) is 0 Å². The van der Waals surface area contributed by atoms with Crippen molar-refractivity contribution in [2.75, 3.05) is 7.11 Å². The summed E-state index contributed by atoms with van der Waals surface area (Å²) in [6, 6.07) is 14.4. The van der Waals surface area contributed by atoms with Crippen molar-refractivity contribution in [3.05, 3.63) is 65.5 Å². The van der Waals surface area contributed by atoms with Crippen molar-refractivity contribution in [3.63, 3.8) is 0 Å². The number of hydrogen-bond acceptors (Lipinski definition) is 2. The zero-order valence-corrected chi connectivity index (χ0v) is 10.8. The van der Waals surface area contributed by atoms with E-state index in [9.17, 15) is 9.50 Å². The SMILES string of the molecule is COc1cc(C(O)CCc2ccccc2)ccc1F. The van der Waals surface area contributed by atoms with E-state index in [0.29, 0.717) is 12.0 Å². The second-order valence-corrected chi connectivity index (χ2v) is 4.43. The predicted octanol–water partition coefficient (Wildman–Crippen LogP) is 3.50. The molecule has 0 aliphatic carbocycles. The van der Waals surface area contributed by atoms with Crippen molar-refractivity contribution in [2.45, 2.75) is 18.9 Å². The number of methoxy groups -OCH3 is 1. The molecule has 2 aromatic carbocycles. The third kappa shape index (κ3) is 3.55. The van der Waals surface area contributed by atoms with Crippen molar-refractivity contribution >= 4 is 0 Å². The number of rotatable bonds is 5. The molecule has 2 aromatic rings. The maximum absolute atomic E-state index is 13.3. The van der Waals surface area contributed by atoms with Gasteiger partial charge >= 0.3 is 0 Å². The van der Waals surface area contributed by atoms with E-state index in [1.807, 2.05) is 30.3 Å². The van der Waals surface area contributed by atoms with Crippen LogP contribution in [0, 0.1) is 5.82 Å². The number of aliphatic hydroxyl groups is 1. The zero-order chi connectivity index (χ0) is 13.7. The molecule has 2 nitrogen and oxygen atoms in total. The highest BCUT2D eigenvalue weighted by atomic mass is 19.1. The summed E-state index contributed by atoms with van der Waals surface area (Å²) in [4.78, 5) is 0. The summed E-state index contributed by atoms with van der Waals surface area (Å²) in [7, 11) is 1.42. The highest BCUT2D eigenvalue weighted by molar-refractivity contribution is 5.31. The molecule has 0 heterocycles. The summed E-state index contributed by atoms with van der Waals surface area (Å²) in [5, 5.41) is 10.1. The van der Waals surface area contributed by atoms with Crippen molar-refractivity contribution in [1.82, 2.24) is 0 Å². The van der Waals surface area contributed by atoms with Gasteiger partial charge in [0.05, 0.1) is 13.2 Å². The maximum Gasteiger partial charge on any atom is 0.165 e. The molecular weight excluding hydrogens is 243 g/mol. The van der Waals surface area contributed by atoms with Gasteiger partial charge in [-0.2, -0.15) is 0 Å². The number of aryl methyl sites for hydroxylation is 1. The van der Waals surface area contributed by atoms with Crippen molar-refractivity contribution in [3.8, 4) is 5.75 Å². The topological polar surface area (TPSA) is 29.5 Å². The van der Waals surface area contributed by atoms with Crippen LogP contribution >= 0.6 is 0 Å². The van der Waals surface area contributed by atoms with Gasteiger partial charge in [-0.25, -0.2) is 4.39 Å². The van der Waals surface area contributed by atoms with Gasteiger partial charge in [0, 0.05) is 0 Å². The Bertz CT molecular complexity index is 526. The quantitative estimate of drug-likeness (QED) is 0.891. The third-order valence-electron chi connectivity index (χ3n) is 3.11.